The zero-order valence-corrected chi connectivity index (χ0v) is 24.7. The molecule has 0 aromatic carbocycles. The summed E-state index contributed by atoms with van der Waals surface area (Å²) in [5, 5.41) is 0. The molecule has 3 atom stereocenters. The maximum atomic E-state index is 2.48. The fraction of sp³-hybridized carbons (Fsp3) is 1.00. The van der Waals surface area contributed by atoms with E-state index in [1.54, 1.807) is 19.3 Å². The molecule has 0 nitrogen and oxygen atoms in total. The zero-order valence-electron chi connectivity index (χ0n) is 24.7. The topological polar surface area (TPSA) is 0 Å². The van der Waals surface area contributed by atoms with Crippen molar-refractivity contribution in [3.63, 3.8) is 0 Å². The molecule has 0 aromatic rings. The van der Waals surface area contributed by atoms with E-state index in [1.165, 1.54) is 148 Å². The van der Waals surface area contributed by atoms with E-state index in [1.807, 2.05) is 0 Å². The molecule has 0 amide bonds. The van der Waals surface area contributed by atoms with E-state index >= 15 is 0 Å². The van der Waals surface area contributed by atoms with Crippen molar-refractivity contribution in [3.8, 4) is 0 Å². The van der Waals surface area contributed by atoms with Crippen LogP contribution < -0.4 is 0 Å². The summed E-state index contributed by atoms with van der Waals surface area (Å²) in [7, 11) is 0. The second-order valence-electron chi connectivity index (χ2n) is 12.9. The molecule has 1 aliphatic carbocycles. The molecular formula is C34H68. The summed E-state index contributed by atoms with van der Waals surface area (Å²) in [5.41, 5.74) is 0. The normalized spacial score (nSPS) is 19.7. The lowest BCUT2D eigenvalue weighted by atomic mass is 9.74. The van der Waals surface area contributed by atoms with Crippen molar-refractivity contribution in [2.75, 3.05) is 0 Å². The van der Waals surface area contributed by atoms with Crippen LogP contribution in [-0.4, -0.2) is 0 Å². The lowest BCUT2D eigenvalue weighted by Gasteiger charge is -2.31. The summed E-state index contributed by atoms with van der Waals surface area (Å²) >= 11 is 0. The molecule has 0 heterocycles. The third-order valence-corrected chi connectivity index (χ3v) is 9.00. The van der Waals surface area contributed by atoms with Crippen molar-refractivity contribution >= 4 is 0 Å². The molecule has 1 saturated carbocycles. The summed E-state index contributed by atoms with van der Waals surface area (Å²) in [6, 6.07) is 0. The van der Waals surface area contributed by atoms with Gasteiger partial charge in [-0.3, -0.25) is 0 Å². The van der Waals surface area contributed by atoms with Crippen LogP contribution in [0.25, 0.3) is 0 Å². The second kappa shape index (κ2) is 23.4. The lowest BCUT2D eigenvalue weighted by molar-refractivity contribution is 0.203. The van der Waals surface area contributed by atoms with Crippen LogP contribution in [-0.2, 0) is 0 Å². The average Bonchev–Trinajstić information content (AvgIpc) is 2.83. The minimum absolute atomic E-state index is 0.888. The van der Waals surface area contributed by atoms with Gasteiger partial charge >= 0.3 is 0 Å². The Morgan fingerprint density at radius 2 is 0.853 bits per heavy atom. The summed E-state index contributed by atoms with van der Waals surface area (Å²) < 4.78 is 0. The molecule has 3 unspecified atom stereocenters. The average molecular weight is 477 g/mol. The van der Waals surface area contributed by atoms with Gasteiger partial charge in [0, 0.05) is 0 Å². The van der Waals surface area contributed by atoms with E-state index in [0.29, 0.717) is 0 Å². The van der Waals surface area contributed by atoms with Gasteiger partial charge in [-0.1, -0.05) is 195 Å². The molecule has 0 saturated heterocycles. The summed E-state index contributed by atoms with van der Waals surface area (Å²) in [4.78, 5) is 0. The van der Waals surface area contributed by atoms with Crippen molar-refractivity contribution in [1.82, 2.24) is 0 Å². The van der Waals surface area contributed by atoms with Crippen LogP contribution in [0.3, 0.4) is 0 Å². The molecule has 1 aliphatic rings. The van der Waals surface area contributed by atoms with Gasteiger partial charge < -0.3 is 0 Å². The van der Waals surface area contributed by atoms with Crippen LogP contribution in [0.15, 0.2) is 0 Å². The maximum absolute atomic E-state index is 2.48. The van der Waals surface area contributed by atoms with E-state index in [-0.39, 0.29) is 0 Å². The Morgan fingerprint density at radius 1 is 0.471 bits per heavy atom. The van der Waals surface area contributed by atoms with Crippen LogP contribution in [0.5, 0.6) is 0 Å². The maximum Gasteiger partial charge on any atom is -0.0386 e. The Balaban J connectivity index is 1.78. The second-order valence-corrected chi connectivity index (χ2v) is 12.9. The molecule has 0 aromatic heterocycles. The van der Waals surface area contributed by atoms with E-state index in [2.05, 4.69) is 27.7 Å². The van der Waals surface area contributed by atoms with Gasteiger partial charge in [-0.2, -0.15) is 0 Å². The van der Waals surface area contributed by atoms with Gasteiger partial charge in [-0.15, -0.1) is 0 Å². The van der Waals surface area contributed by atoms with Gasteiger partial charge in [0.05, 0.1) is 0 Å². The van der Waals surface area contributed by atoms with E-state index < -0.39 is 0 Å². The zero-order chi connectivity index (χ0) is 24.7. The number of unbranched alkanes of at least 4 members (excludes halogenated alkanes) is 14. The first-order chi connectivity index (χ1) is 16.6. The molecule has 1 rings (SSSR count). The predicted octanol–water partition coefficient (Wildman–Crippen LogP) is 12.7. The third kappa shape index (κ3) is 19.2. The van der Waals surface area contributed by atoms with Gasteiger partial charge in [0.2, 0.25) is 0 Å². The van der Waals surface area contributed by atoms with Crippen LogP contribution >= 0.6 is 0 Å². The highest BCUT2D eigenvalue weighted by Crippen LogP contribution is 2.36. The molecule has 0 N–H and O–H groups in total. The number of hydrogen-bond acceptors (Lipinski definition) is 0. The number of rotatable bonds is 24. The van der Waals surface area contributed by atoms with Crippen molar-refractivity contribution in [2.24, 2.45) is 23.7 Å². The Kier molecular flexibility index (Phi) is 22.0. The van der Waals surface area contributed by atoms with Crippen molar-refractivity contribution in [1.29, 1.82) is 0 Å². The summed E-state index contributed by atoms with van der Waals surface area (Å²) in [6.07, 6.45) is 38.8. The van der Waals surface area contributed by atoms with Gasteiger partial charge in [-0.05, 0) is 23.7 Å². The summed E-state index contributed by atoms with van der Waals surface area (Å²) in [6.45, 7) is 9.55. The fourth-order valence-corrected chi connectivity index (χ4v) is 6.54. The van der Waals surface area contributed by atoms with Crippen molar-refractivity contribution in [3.05, 3.63) is 0 Å². The summed E-state index contributed by atoms with van der Waals surface area (Å²) in [5.74, 6) is 4.02. The Bertz CT molecular complexity index is 397. The standard InChI is InChI=1S/C34H68/c1-5-6-27-33-29-22-23-30-34(33)28-19-17-15-13-11-9-7-8-10-12-14-16-18-25-32(4)26-21-20-24-31(2)3/h31-34H,5-30H2,1-4H3. The first-order valence-corrected chi connectivity index (χ1v) is 16.6. The van der Waals surface area contributed by atoms with Gasteiger partial charge in [0.1, 0.15) is 0 Å². The minimum atomic E-state index is 0.888. The molecular weight excluding hydrogens is 408 g/mol. The smallest absolute Gasteiger partial charge is 0.0386 e. The Morgan fingerprint density at radius 3 is 1.32 bits per heavy atom. The lowest BCUT2D eigenvalue weighted by Crippen LogP contribution is -2.19. The first-order valence-electron chi connectivity index (χ1n) is 16.6. The molecule has 1 fully saturated rings. The highest BCUT2D eigenvalue weighted by Gasteiger charge is 2.23. The van der Waals surface area contributed by atoms with Crippen LogP contribution in [0.1, 0.15) is 195 Å². The van der Waals surface area contributed by atoms with Crippen molar-refractivity contribution in [2.45, 2.75) is 195 Å². The van der Waals surface area contributed by atoms with Gasteiger partial charge in [-0.25, -0.2) is 0 Å². The quantitative estimate of drug-likeness (QED) is 0.121. The Labute approximate surface area is 218 Å². The minimum Gasteiger partial charge on any atom is -0.0654 e. The molecule has 0 spiro atoms. The predicted molar refractivity (Wildman–Crippen MR) is 157 cm³/mol. The molecule has 0 aliphatic heterocycles. The SMILES string of the molecule is CCCCC1CCCCC1CCCCCCCCCCCCCCCC(C)CCCCC(C)C. The molecule has 0 radical (unpaired) electrons. The van der Waals surface area contributed by atoms with Crippen LogP contribution in [0, 0.1) is 23.7 Å². The van der Waals surface area contributed by atoms with Crippen LogP contribution in [0.4, 0.5) is 0 Å². The van der Waals surface area contributed by atoms with E-state index in [0.717, 1.165) is 23.7 Å². The van der Waals surface area contributed by atoms with Gasteiger partial charge in [0.25, 0.3) is 0 Å². The van der Waals surface area contributed by atoms with Gasteiger partial charge in [0.15, 0.2) is 0 Å². The van der Waals surface area contributed by atoms with Crippen LogP contribution in [0.2, 0.25) is 0 Å². The fourth-order valence-electron chi connectivity index (χ4n) is 6.54. The molecule has 0 bridgehead atoms. The first kappa shape index (κ1) is 32.0. The molecule has 34 heavy (non-hydrogen) atoms. The number of hydrogen-bond donors (Lipinski definition) is 0. The molecule has 204 valence electrons. The van der Waals surface area contributed by atoms with E-state index in [9.17, 15) is 0 Å². The Hall–Kier alpha value is 0. The third-order valence-electron chi connectivity index (χ3n) is 9.00. The highest BCUT2D eigenvalue weighted by molar-refractivity contribution is 4.75. The largest absolute Gasteiger partial charge is 0.0654 e. The van der Waals surface area contributed by atoms with Crippen molar-refractivity contribution < 1.29 is 0 Å². The van der Waals surface area contributed by atoms with E-state index in [4.69, 9.17) is 0 Å². The highest BCUT2D eigenvalue weighted by atomic mass is 14.3. The molecule has 0 heteroatoms. The monoisotopic (exact) mass is 477 g/mol.